The summed E-state index contributed by atoms with van der Waals surface area (Å²) in [6.45, 7) is 2.93. The highest BCUT2D eigenvalue weighted by Crippen LogP contribution is 2.44. The number of ether oxygens (including phenoxy) is 1. The molecule has 6 nitrogen and oxygen atoms in total. The molecule has 2 fully saturated rings. The van der Waals surface area contributed by atoms with Crippen LogP contribution in [0.2, 0.25) is 0 Å². The lowest BCUT2D eigenvalue weighted by Gasteiger charge is -2.28. The van der Waals surface area contributed by atoms with E-state index >= 15 is 0 Å². The predicted octanol–water partition coefficient (Wildman–Crippen LogP) is 4.27. The van der Waals surface area contributed by atoms with E-state index in [0.29, 0.717) is 32.4 Å². The summed E-state index contributed by atoms with van der Waals surface area (Å²) in [4.78, 5) is 26.2. The first-order valence-electron chi connectivity index (χ1n) is 10.8. The SMILES string of the molecule is CC(NC(=O)C1(N2CC[C@@H](Oc3cccc(C(F)(F)F)c3)C2)CC1)c1ccc(C(=O)O)cc1. The Labute approximate surface area is 189 Å². The molecular weight excluding hydrogens is 437 g/mol. The minimum absolute atomic E-state index is 0.1000. The number of rotatable bonds is 7. The van der Waals surface area contributed by atoms with Gasteiger partial charge in [0.1, 0.15) is 17.4 Å². The van der Waals surface area contributed by atoms with E-state index in [2.05, 4.69) is 10.2 Å². The monoisotopic (exact) mass is 462 g/mol. The highest BCUT2D eigenvalue weighted by Gasteiger charge is 2.56. The molecule has 0 radical (unpaired) electrons. The molecule has 0 bridgehead atoms. The van der Waals surface area contributed by atoms with Crippen molar-refractivity contribution in [2.24, 2.45) is 0 Å². The molecule has 2 aliphatic rings. The van der Waals surface area contributed by atoms with Crippen LogP contribution in [0.3, 0.4) is 0 Å². The van der Waals surface area contributed by atoms with Crippen LogP contribution in [0.4, 0.5) is 13.2 Å². The normalized spacial score (nSPS) is 20.8. The molecular formula is C24H25F3N2O4. The van der Waals surface area contributed by atoms with Crippen LogP contribution in [0, 0.1) is 0 Å². The molecule has 1 amide bonds. The fourth-order valence-corrected chi connectivity index (χ4v) is 4.29. The van der Waals surface area contributed by atoms with E-state index < -0.39 is 23.2 Å². The van der Waals surface area contributed by atoms with Gasteiger partial charge in [-0.05, 0) is 62.1 Å². The third kappa shape index (κ3) is 4.98. The van der Waals surface area contributed by atoms with Crippen LogP contribution >= 0.6 is 0 Å². The summed E-state index contributed by atoms with van der Waals surface area (Å²) in [5.41, 5.74) is -0.393. The van der Waals surface area contributed by atoms with Gasteiger partial charge in [-0.25, -0.2) is 4.79 Å². The molecule has 9 heteroatoms. The van der Waals surface area contributed by atoms with Gasteiger partial charge < -0.3 is 15.2 Å². The van der Waals surface area contributed by atoms with E-state index in [-0.39, 0.29) is 29.4 Å². The van der Waals surface area contributed by atoms with Crippen LogP contribution in [0.15, 0.2) is 48.5 Å². The van der Waals surface area contributed by atoms with Crippen molar-refractivity contribution in [3.8, 4) is 5.75 Å². The van der Waals surface area contributed by atoms with Gasteiger partial charge in [0.25, 0.3) is 0 Å². The second kappa shape index (κ2) is 8.70. The van der Waals surface area contributed by atoms with Gasteiger partial charge in [-0.15, -0.1) is 0 Å². The molecule has 33 heavy (non-hydrogen) atoms. The molecule has 4 rings (SSSR count). The molecule has 1 heterocycles. The maximum absolute atomic E-state index is 13.1. The molecule has 0 spiro atoms. The van der Waals surface area contributed by atoms with Crippen molar-refractivity contribution in [2.75, 3.05) is 13.1 Å². The number of nitrogens with one attached hydrogen (secondary N) is 1. The van der Waals surface area contributed by atoms with Gasteiger partial charge in [-0.2, -0.15) is 13.2 Å². The summed E-state index contributed by atoms with van der Waals surface area (Å²) in [5.74, 6) is -0.937. The number of carbonyl (C=O) groups excluding carboxylic acids is 1. The molecule has 1 aliphatic heterocycles. The zero-order valence-corrected chi connectivity index (χ0v) is 18.1. The molecule has 1 aliphatic carbocycles. The lowest BCUT2D eigenvalue weighted by Crippen LogP contribution is -2.49. The summed E-state index contributed by atoms with van der Waals surface area (Å²) in [5, 5.41) is 12.0. The second-order valence-electron chi connectivity index (χ2n) is 8.65. The molecule has 2 aromatic rings. The zero-order chi connectivity index (χ0) is 23.8. The number of halogens is 3. The first kappa shape index (κ1) is 23.1. The van der Waals surface area contributed by atoms with Crippen molar-refractivity contribution in [1.29, 1.82) is 0 Å². The standard InChI is InChI=1S/C24H25F3N2O4/c1-15(16-5-7-17(8-6-16)21(30)31)28-22(32)23(10-11-23)29-12-9-20(14-29)33-19-4-2-3-18(13-19)24(25,26)27/h2-8,13,15,20H,9-12,14H2,1H3,(H,28,32)(H,30,31)/t15?,20-/m1/s1. The van der Waals surface area contributed by atoms with Crippen LogP contribution in [0.1, 0.15) is 53.7 Å². The summed E-state index contributed by atoms with van der Waals surface area (Å²) in [7, 11) is 0. The van der Waals surface area contributed by atoms with Crippen LogP contribution in [-0.4, -0.2) is 46.6 Å². The first-order chi connectivity index (χ1) is 15.6. The second-order valence-corrected chi connectivity index (χ2v) is 8.65. The van der Waals surface area contributed by atoms with E-state index in [0.717, 1.165) is 17.7 Å². The Bertz CT molecular complexity index is 1030. The third-order valence-corrected chi connectivity index (χ3v) is 6.37. The average molecular weight is 462 g/mol. The number of hydrogen-bond acceptors (Lipinski definition) is 4. The molecule has 2 aromatic carbocycles. The number of nitrogens with zero attached hydrogens (tertiary/aromatic N) is 1. The van der Waals surface area contributed by atoms with Gasteiger partial charge in [-0.3, -0.25) is 9.69 Å². The Balaban J connectivity index is 1.35. The highest BCUT2D eigenvalue weighted by atomic mass is 19.4. The van der Waals surface area contributed by atoms with E-state index in [4.69, 9.17) is 9.84 Å². The number of hydrogen-bond donors (Lipinski definition) is 2. The smallest absolute Gasteiger partial charge is 0.416 e. The maximum Gasteiger partial charge on any atom is 0.416 e. The summed E-state index contributed by atoms with van der Waals surface area (Å²) < 4.78 is 44.6. The zero-order valence-electron chi connectivity index (χ0n) is 18.1. The molecule has 2 atom stereocenters. The van der Waals surface area contributed by atoms with Crippen molar-refractivity contribution in [1.82, 2.24) is 10.2 Å². The minimum atomic E-state index is -4.43. The average Bonchev–Trinajstić information content (AvgIpc) is 3.46. The summed E-state index contributed by atoms with van der Waals surface area (Å²) in [6, 6.07) is 10.9. The van der Waals surface area contributed by atoms with Crippen molar-refractivity contribution in [3.05, 3.63) is 65.2 Å². The van der Waals surface area contributed by atoms with Crippen molar-refractivity contribution >= 4 is 11.9 Å². The van der Waals surface area contributed by atoms with Gasteiger partial charge in [0.2, 0.25) is 5.91 Å². The fraction of sp³-hybridized carbons (Fsp3) is 0.417. The van der Waals surface area contributed by atoms with Gasteiger partial charge >= 0.3 is 12.1 Å². The lowest BCUT2D eigenvalue weighted by atomic mass is 10.1. The van der Waals surface area contributed by atoms with Gasteiger partial charge in [0.05, 0.1) is 17.2 Å². The van der Waals surface area contributed by atoms with Crippen LogP contribution in [-0.2, 0) is 11.0 Å². The molecule has 1 unspecified atom stereocenters. The van der Waals surface area contributed by atoms with Crippen LogP contribution < -0.4 is 10.1 Å². The van der Waals surface area contributed by atoms with E-state index in [1.165, 1.54) is 24.3 Å². The molecule has 1 saturated carbocycles. The molecule has 1 saturated heterocycles. The summed E-state index contributed by atoms with van der Waals surface area (Å²) in [6.07, 6.45) is -2.68. The largest absolute Gasteiger partial charge is 0.489 e. The number of benzene rings is 2. The maximum atomic E-state index is 13.1. The molecule has 2 N–H and O–H groups in total. The predicted molar refractivity (Wildman–Crippen MR) is 114 cm³/mol. The Hall–Kier alpha value is -3.07. The lowest BCUT2D eigenvalue weighted by molar-refractivity contribution is -0.137. The number of alkyl halides is 3. The van der Waals surface area contributed by atoms with E-state index in [9.17, 15) is 22.8 Å². The Morgan fingerprint density at radius 3 is 2.48 bits per heavy atom. The highest BCUT2D eigenvalue weighted by molar-refractivity contribution is 5.90. The Kier molecular flexibility index (Phi) is 6.09. The number of carboxylic acids is 1. The summed E-state index contributed by atoms with van der Waals surface area (Å²) >= 11 is 0. The minimum Gasteiger partial charge on any atom is -0.489 e. The number of aromatic carboxylic acids is 1. The Morgan fingerprint density at radius 1 is 1.18 bits per heavy atom. The Morgan fingerprint density at radius 2 is 1.88 bits per heavy atom. The third-order valence-electron chi connectivity index (χ3n) is 6.37. The number of amides is 1. The van der Waals surface area contributed by atoms with Crippen molar-refractivity contribution in [2.45, 2.75) is 50.0 Å². The van der Waals surface area contributed by atoms with Crippen molar-refractivity contribution in [3.63, 3.8) is 0 Å². The number of likely N-dealkylation sites (tertiary alicyclic amines) is 1. The topological polar surface area (TPSA) is 78.9 Å². The van der Waals surface area contributed by atoms with E-state index in [1.54, 1.807) is 12.1 Å². The first-order valence-corrected chi connectivity index (χ1v) is 10.8. The van der Waals surface area contributed by atoms with Crippen molar-refractivity contribution < 1.29 is 32.6 Å². The quantitative estimate of drug-likeness (QED) is 0.643. The van der Waals surface area contributed by atoms with Gasteiger partial charge in [-0.1, -0.05) is 18.2 Å². The van der Waals surface area contributed by atoms with Crippen LogP contribution in [0.25, 0.3) is 0 Å². The van der Waals surface area contributed by atoms with Crippen LogP contribution in [0.5, 0.6) is 5.75 Å². The molecule has 0 aromatic heterocycles. The number of carbonyl (C=O) groups is 2. The van der Waals surface area contributed by atoms with E-state index in [1.807, 2.05) is 6.92 Å². The number of carboxylic acid groups (broad SMARTS) is 1. The molecule has 176 valence electrons. The van der Waals surface area contributed by atoms with Gasteiger partial charge in [0.15, 0.2) is 0 Å². The van der Waals surface area contributed by atoms with Gasteiger partial charge in [0, 0.05) is 13.1 Å². The fourth-order valence-electron chi connectivity index (χ4n) is 4.29.